The SMILES string of the molecule is O=[N+]([O-])c1cccnc1Nc1ccc(-c2nccs2)cc1. The molecule has 0 atom stereocenters. The average molecular weight is 298 g/mol. The molecule has 7 heteroatoms. The van der Waals surface area contributed by atoms with Crippen LogP contribution in [0.25, 0.3) is 10.6 Å². The lowest BCUT2D eigenvalue weighted by Crippen LogP contribution is -1.98. The highest BCUT2D eigenvalue weighted by Gasteiger charge is 2.14. The van der Waals surface area contributed by atoms with E-state index < -0.39 is 4.92 Å². The van der Waals surface area contributed by atoms with Crippen LogP contribution in [0.15, 0.2) is 54.2 Å². The Kier molecular flexibility index (Phi) is 3.57. The van der Waals surface area contributed by atoms with Crippen LogP contribution in [0, 0.1) is 10.1 Å². The molecule has 0 aliphatic carbocycles. The number of thiazole rings is 1. The molecule has 104 valence electrons. The molecule has 1 N–H and O–H groups in total. The number of pyridine rings is 1. The molecule has 2 aromatic heterocycles. The molecular weight excluding hydrogens is 288 g/mol. The van der Waals surface area contributed by atoms with Gasteiger partial charge in [0.1, 0.15) is 5.01 Å². The third kappa shape index (κ3) is 2.87. The van der Waals surface area contributed by atoms with E-state index in [-0.39, 0.29) is 11.5 Å². The number of hydrogen-bond donors (Lipinski definition) is 1. The molecule has 3 aromatic rings. The van der Waals surface area contributed by atoms with Gasteiger partial charge in [0.05, 0.1) is 4.92 Å². The highest BCUT2D eigenvalue weighted by molar-refractivity contribution is 7.13. The zero-order chi connectivity index (χ0) is 14.7. The maximum atomic E-state index is 10.9. The maximum Gasteiger partial charge on any atom is 0.311 e. The summed E-state index contributed by atoms with van der Waals surface area (Å²) in [5.41, 5.74) is 1.68. The van der Waals surface area contributed by atoms with Gasteiger partial charge in [-0.15, -0.1) is 11.3 Å². The van der Waals surface area contributed by atoms with E-state index in [0.29, 0.717) is 0 Å². The van der Waals surface area contributed by atoms with Crippen molar-refractivity contribution in [2.75, 3.05) is 5.32 Å². The highest BCUT2D eigenvalue weighted by atomic mass is 32.1. The van der Waals surface area contributed by atoms with E-state index in [1.165, 1.54) is 18.3 Å². The lowest BCUT2D eigenvalue weighted by atomic mass is 10.2. The number of nitro groups is 1. The second-order valence-corrected chi connectivity index (χ2v) is 5.06. The minimum Gasteiger partial charge on any atom is -0.334 e. The topological polar surface area (TPSA) is 81.0 Å². The number of rotatable bonds is 4. The first-order chi connectivity index (χ1) is 10.2. The maximum absolute atomic E-state index is 10.9. The highest BCUT2D eigenvalue weighted by Crippen LogP contribution is 2.27. The van der Waals surface area contributed by atoms with E-state index in [9.17, 15) is 10.1 Å². The molecule has 1 aromatic carbocycles. The Morgan fingerprint density at radius 1 is 1.10 bits per heavy atom. The second-order valence-electron chi connectivity index (χ2n) is 4.17. The van der Waals surface area contributed by atoms with Crippen molar-refractivity contribution in [2.45, 2.75) is 0 Å². The zero-order valence-electron chi connectivity index (χ0n) is 10.8. The molecule has 0 saturated carbocycles. The largest absolute Gasteiger partial charge is 0.334 e. The lowest BCUT2D eigenvalue weighted by molar-refractivity contribution is -0.384. The normalized spacial score (nSPS) is 10.3. The molecule has 6 nitrogen and oxygen atoms in total. The molecule has 21 heavy (non-hydrogen) atoms. The summed E-state index contributed by atoms with van der Waals surface area (Å²) < 4.78 is 0. The Bertz CT molecular complexity index is 757. The fourth-order valence-corrected chi connectivity index (χ4v) is 2.48. The lowest BCUT2D eigenvalue weighted by Gasteiger charge is -2.06. The van der Waals surface area contributed by atoms with Crippen molar-refractivity contribution in [3.63, 3.8) is 0 Å². The molecular formula is C14H10N4O2S. The Morgan fingerprint density at radius 3 is 2.57 bits per heavy atom. The number of nitrogens with zero attached hydrogens (tertiary/aromatic N) is 3. The second kappa shape index (κ2) is 5.68. The van der Waals surface area contributed by atoms with Gasteiger partial charge in [0.15, 0.2) is 0 Å². The van der Waals surface area contributed by atoms with Crippen LogP contribution in [-0.2, 0) is 0 Å². The summed E-state index contributed by atoms with van der Waals surface area (Å²) in [6.45, 7) is 0. The third-order valence-electron chi connectivity index (χ3n) is 2.81. The van der Waals surface area contributed by atoms with Gasteiger partial charge in [-0.2, -0.15) is 0 Å². The first kappa shape index (κ1) is 13.2. The van der Waals surface area contributed by atoms with Gasteiger partial charge in [0.2, 0.25) is 5.82 Å². The Balaban J connectivity index is 1.84. The third-order valence-corrected chi connectivity index (χ3v) is 3.63. The predicted octanol–water partition coefficient (Wildman–Crippen LogP) is 3.86. The zero-order valence-corrected chi connectivity index (χ0v) is 11.6. The van der Waals surface area contributed by atoms with Crippen molar-refractivity contribution >= 4 is 28.5 Å². The van der Waals surface area contributed by atoms with Crippen LogP contribution in [0.3, 0.4) is 0 Å². The van der Waals surface area contributed by atoms with Crippen LogP contribution < -0.4 is 5.32 Å². The standard InChI is InChI=1S/C14H10N4O2S/c19-18(20)12-2-1-7-15-13(12)17-11-5-3-10(4-6-11)14-16-8-9-21-14/h1-9H,(H,15,17). The van der Waals surface area contributed by atoms with Gasteiger partial charge in [0, 0.05) is 35.1 Å². The quantitative estimate of drug-likeness (QED) is 0.584. The molecule has 0 aliphatic heterocycles. The molecule has 0 amide bonds. The number of nitrogens with one attached hydrogen (secondary N) is 1. The smallest absolute Gasteiger partial charge is 0.311 e. The monoisotopic (exact) mass is 298 g/mol. The van der Waals surface area contributed by atoms with Crippen LogP contribution in [0.4, 0.5) is 17.2 Å². The minimum absolute atomic E-state index is 0.0542. The Morgan fingerprint density at radius 2 is 1.90 bits per heavy atom. The summed E-state index contributed by atoms with van der Waals surface area (Å²) in [5, 5.41) is 16.7. The van der Waals surface area contributed by atoms with Gasteiger partial charge in [0.25, 0.3) is 0 Å². The number of hydrogen-bond acceptors (Lipinski definition) is 6. The van der Waals surface area contributed by atoms with Crippen molar-refractivity contribution < 1.29 is 4.92 Å². The molecule has 0 unspecified atom stereocenters. The van der Waals surface area contributed by atoms with Gasteiger partial charge in [-0.25, -0.2) is 9.97 Å². The molecule has 0 aliphatic rings. The van der Waals surface area contributed by atoms with Crippen molar-refractivity contribution in [2.24, 2.45) is 0 Å². The van der Waals surface area contributed by atoms with Crippen LogP contribution >= 0.6 is 11.3 Å². The molecule has 0 bridgehead atoms. The summed E-state index contributed by atoms with van der Waals surface area (Å²) in [5.74, 6) is 0.226. The molecule has 0 radical (unpaired) electrons. The van der Waals surface area contributed by atoms with Crippen molar-refractivity contribution in [3.8, 4) is 10.6 Å². The van der Waals surface area contributed by atoms with Crippen LogP contribution in [0.2, 0.25) is 0 Å². The van der Waals surface area contributed by atoms with Gasteiger partial charge >= 0.3 is 5.69 Å². The molecule has 0 spiro atoms. The van der Waals surface area contributed by atoms with Crippen LogP contribution in [0.1, 0.15) is 0 Å². The minimum atomic E-state index is -0.459. The number of anilines is 2. The van der Waals surface area contributed by atoms with Crippen molar-refractivity contribution in [1.82, 2.24) is 9.97 Å². The van der Waals surface area contributed by atoms with Crippen LogP contribution in [0.5, 0.6) is 0 Å². The van der Waals surface area contributed by atoms with E-state index in [4.69, 9.17) is 0 Å². The van der Waals surface area contributed by atoms with Gasteiger partial charge < -0.3 is 5.32 Å². The van der Waals surface area contributed by atoms with Gasteiger partial charge in [-0.1, -0.05) is 0 Å². The molecule has 0 saturated heterocycles. The summed E-state index contributed by atoms with van der Waals surface area (Å²) in [4.78, 5) is 18.7. The number of aromatic nitrogens is 2. The summed E-state index contributed by atoms with van der Waals surface area (Å²) in [6, 6.07) is 10.5. The van der Waals surface area contributed by atoms with E-state index >= 15 is 0 Å². The fraction of sp³-hybridized carbons (Fsp3) is 0. The Hall–Kier alpha value is -2.80. The van der Waals surface area contributed by atoms with Gasteiger partial charge in [-0.05, 0) is 30.3 Å². The molecule has 0 fully saturated rings. The summed E-state index contributed by atoms with van der Waals surface area (Å²) >= 11 is 1.56. The van der Waals surface area contributed by atoms with E-state index in [2.05, 4.69) is 15.3 Å². The van der Waals surface area contributed by atoms with E-state index in [0.717, 1.165) is 16.3 Å². The summed E-state index contributed by atoms with van der Waals surface area (Å²) in [7, 11) is 0. The van der Waals surface area contributed by atoms with E-state index in [1.807, 2.05) is 29.6 Å². The van der Waals surface area contributed by atoms with Crippen molar-refractivity contribution in [3.05, 3.63) is 64.3 Å². The van der Waals surface area contributed by atoms with Crippen molar-refractivity contribution in [1.29, 1.82) is 0 Å². The first-order valence-electron chi connectivity index (χ1n) is 6.10. The van der Waals surface area contributed by atoms with Crippen LogP contribution in [-0.4, -0.2) is 14.9 Å². The van der Waals surface area contributed by atoms with E-state index in [1.54, 1.807) is 17.5 Å². The molecule has 2 heterocycles. The fourth-order valence-electron chi connectivity index (χ4n) is 1.84. The summed E-state index contributed by atoms with van der Waals surface area (Å²) in [6.07, 6.45) is 3.27. The van der Waals surface area contributed by atoms with Gasteiger partial charge in [-0.3, -0.25) is 10.1 Å². The molecule has 3 rings (SSSR count). The number of benzene rings is 1. The first-order valence-corrected chi connectivity index (χ1v) is 6.98. The Labute approximate surface area is 124 Å². The average Bonchev–Trinajstić information content (AvgIpc) is 3.03. The predicted molar refractivity (Wildman–Crippen MR) is 81.7 cm³/mol.